The number of ether oxygens (including phenoxy) is 1. The first-order chi connectivity index (χ1) is 11.5. The number of hydrogen-bond acceptors (Lipinski definition) is 3. The summed E-state index contributed by atoms with van der Waals surface area (Å²) in [6.07, 6.45) is 3.73. The lowest BCUT2D eigenvalue weighted by molar-refractivity contribution is 0.0763. The summed E-state index contributed by atoms with van der Waals surface area (Å²) < 4.78 is 5.36. The average molecular weight is 351 g/mol. The van der Waals surface area contributed by atoms with Crippen LogP contribution in [-0.2, 0) is 0 Å². The van der Waals surface area contributed by atoms with Crippen LogP contribution >= 0.6 is 11.6 Å². The molecule has 24 heavy (non-hydrogen) atoms. The molecule has 1 amide bonds. The molecule has 0 bridgehead atoms. The van der Waals surface area contributed by atoms with Crippen molar-refractivity contribution in [1.29, 1.82) is 0 Å². The molecule has 2 aliphatic heterocycles. The Morgan fingerprint density at radius 2 is 2.08 bits per heavy atom. The van der Waals surface area contributed by atoms with Crippen LogP contribution in [0, 0.1) is 5.92 Å². The van der Waals surface area contributed by atoms with E-state index in [0.29, 0.717) is 34.3 Å². The van der Waals surface area contributed by atoms with Crippen LogP contribution in [0.5, 0.6) is 5.75 Å². The molecule has 132 valence electrons. The second-order valence-corrected chi connectivity index (χ2v) is 7.65. The fraction of sp³-hybridized carbons (Fsp3) is 0.632. The molecule has 4 nitrogen and oxygen atoms in total. The molecule has 2 atom stereocenters. The van der Waals surface area contributed by atoms with Gasteiger partial charge in [0.1, 0.15) is 5.75 Å². The highest BCUT2D eigenvalue weighted by Crippen LogP contribution is 2.33. The van der Waals surface area contributed by atoms with E-state index < -0.39 is 0 Å². The Bertz CT molecular complexity index is 605. The van der Waals surface area contributed by atoms with Crippen LogP contribution in [-0.4, -0.2) is 54.5 Å². The Morgan fingerprint density at radius 3 is 2.79 bits per heavy atom. The van der Waals surface area contributed by atoms with E-state index in [1.54, 1.807) is 25.3 Å². The maximum Gasteiger partial charge on any atom is 0.257 e. The van der Waals surface area contributed by atoms with Gasteiger partial charge in [-0.2, -0.15) is 0 Å². The first kappa shape index (κ1) is 17.6. The van der Waals surface area contributed by atoms with Crippen molar-refractivity contribution in [3.8, 4) is 5.75 Å². The van der Waals surface area contributed by atoms with Gasteiger partial charge in [-0.25, -0.2) is 0 Å². The summed E-state index contributed by atoms with van der Waals surface area (Å²) in [5.74, 6) is 1.20. The number of amides is 1. The smallest absolute Gasteiger partial charge is 0.257 e. The van der Waals surface area contributed by atoms with Crippen molar-refractivity contribution in [1.82, 2.24) is 9.80 Å². The van der Waals surface area contributed by atoms with Gasteiger partial charge >= 0.3 is 0 Å². The zero-order chi connectivity index (χ0) is 17.3. The molecule has 0 aromatic heterocycles. The van der Waals surface area contributed by atoms with Crippen molar-refractivity contribution in [2.75, 3.05) is 26.7 Å². The van der Waals surface area contributed by atoms with E-state index in [1.807, 2.05) is 4.90 Å². The molecule has 0 aliphatic carbocycles. The second-order valence-electron chi connectivity index (χ2n) is 7.21. The van der Waals surface area contributed by atoms with Crippen LogP contribution in [0.2, 0.25) is 5.02 Å². The first-order valence-electron chi connectivity index (χ1n) is 8.89. The SMILES string of the molecule is COc1ccc(Cl)cc1C(=O)N1C[C@@H]2CCCCN(C(C)C)[C@@H]2C1. The minimum Gasteiger partial charge on any atom is -0.496 e. The molecule has 2 heterocycles. The summed E-state index contributed by atoms with van der Waals surface area (Å²) in [7, 11) is 1.59. The number of carbonyl (C=O) groups is 1. The van der Waals surface area contributed by atoms with E-state index in [9.17, 15) is 4.79 Å². The minimum atomic E-state index is 0.0335. The Kier molecular flexibility index (Phi) is 5.36. The van der Waals surface area contributed by atoms with Gasteiger partial charge in [-0.05, 0) is 57.4 Å². The fourth-order valence-corrected chi connectivity index (χ4v) is 4.38. The molecule has 0 saturated carbocycles. The summed E-state index contributed by atoms with van der Waals surface area (Å²) >= 11 is 6.10. The number of carbonyl (C=O) groups excluding carboxylic acids is 1. The molecule has 2 aliphatic rings. The molecule has 1 aromatic rings. The van der Waals surface area contributed by atoms with Crippen LogP contribution in [0.1, 0.15) is 43.5 Å². The quantitative estimate of drug-likeness (QED) is 0.833. The average Bonchev–Trinajstić information content (AvgIpc) is 2.87. The Balaban J connectivity index is 1.82. The number of hydrogen-bond donors (Lipinski definition) is 0. The Labute approximate surface area is 149 Å². The lowest BCUT2D eigenvalue weighted by Crippen LogP contribution is -2.44. The highest BCUT2D eigenvalue weighted by molar-refractivity contribution is 6.31. The summed E-state index contributed by atoms with van der Waals surface area (Å²) in [6.45, 7) is 7.29. The number of rotatable bonds is 3. The summed E-state index contributed by atoms with van der Waals surface area (Å²) in [5, 5.41) is 0.566. The molecule has 3 rings (SSSR count). The molecule has 0 radical (unpaired) electrons. The zero-order valence-electron chi connectivity index (χ0n) is 14.8. The largest absolute Gasteiger partial charge is 0.496 e. The number of likely N-dealkylation sites (tertiary alicyclic amines) is 2. The van der Waals surface area contributed by atoms with Crippen LogP contribution < -0.4 is 4.74 Å². The summed E-state index contributed by atoms with van der Waals surface area (Å²) in [6, 6.07) is 6.24. The normalized spacial score (nSPS) is 24.8. The third kappa shape index (κ3) is 3.40. The molecular weight excluding hydrogens is 324 g/mol. The van der Waals surface area contributed by atoms with E-state index in [1.165, 1.54) is 19.3 Å². The molecule has 0 spiro atoms. The predicted octanol–water partition coefficient (Wildman–Crippen LogP) is 3.68. The second kappa shape index (κ2) is 7.32. The van der Waals surface area contributed by atoms with Crippen LogP contribution in [0.3, 0.4) is 0 Å². The third-order valence-corrected chi connectivity index (χ3v) is 5.65. The molecular formula is C19H27ClN2O2. The monoisotopic (exact) mass is 350 g/mol. The number of fused-ring (bicyclic) bond motifs is 1. The summed E-state index contributed by atoms with van der Waals surface area (Å²) in [4.78, 5) is 17.6. The van der Waals surface area contributed by atoms with Gasteiger partial charge in [0, 0.05) is 30.2 Å². The topological polar surface area (TPSA) is 32.8 Å². The maximum absolute atomic E-state index is 13.1. The maximum atomic E-state index is 13.1. The van der Waals surface area contributed by atoms with Crippen LogP contribution in [0.4, 0.5) is 0 Å². The lowest BCUT2D eigenvalue weighted by Gasteiger charge is -2.33. The fourth-order valence-electron chi connectivity index (χ4n) is 4.20. The molecule has 2 fully saturated rings. The molecule has 0 N–H and O–H groups in total. The van der Waals surface area contributed by atoms with Crippen LogP contribution in [0.15, 0.2) is 18.2 Å². The Hall–Kier alpha value is -1.26. The third-order valence-electron chi connectivity index (χ3n) is 5.42. The molecule has 2 saturated heterocycles. The van der Waals surface area contributed by atoms with Crippen molar-refractivity contribution in [3.63, 3.8) is 0 Å². The highest BCUT2D eigenvalue weighted by atomic mass is 35.5. The zero-order valence-corrected chi connectivity index (χ0v) is 15.6. The van der Waals surface area contributed by atoms with Gasteiger partial charge in [0.2, 0.25) is 0 Å². The van der Waals surface area contributed by atoms with Gasteiger partial charge in [0.05, 0.1) is 12.7 Å². The van der Waals surface area contributed by atoms with Crippen molar-refractivity contribution in [2.45, 2.75) is 45.2 Å². The van der Waals surface area contributed by atoms with E-state index >= 15 is 0 Å². The lowest BCUT2D eigenvalue weighted by atomic mass is 9.98. The van der Waals surface area contributed by atoms with Gasteiger partial charge in [-0.1, -0.05) is 18.0 Å². The number of methoxy groups -OCH3 is 1. The highest BCUT2D eigenvalue weighted by Gasteiger charge is 2.40. The number of halogens is 1. The van der Waals surface area contributed by atoms with Gasteiger partial charge in [0.25, 0.3) is 5.91 Å². The van der Waals surface area contributed by atoms with E-state index in [0.717, 1.165) is 19.6 Å². The van der Waals surface area contributed by atoms with Crippen molar-refractivity contribution in [2.24, 2.45) is 5.92 Å². The van der Waals surface area contributed by atoms with Gasteiger partial charge in [-0.15, -0.1) is 0 Å². The number of nitrogens with zero attached hydrogens (tertiary/aromatic N) is 2. The molecule has 5 heteroatoms. The van der Waals surface area contributed by atoms with Crippen molar-refractivity contribution >= 4 is 17.5 Å². The standard InChI is InChI=1S/C19H27ClN2O2/c1-13(2)22-9-5-4-6-14-11-21(12-17(14)22)19(23)16-10-15(20)7-8-18(16)24-3/h7-8,10,13-14,17H,4-6,9,11-12H2,1-3H3/t14-,17+/m0/s1. The van der Waals surface area contributed by atoms with E-state index in [2.05, 4.69) is 18.7 Å². The van der Waals surface area contributed by atoms with Crippen molar-refractivity contribution in [3.05, 3.63) is 28.8 Å². The summed E-state index contributed by atoms with van der Waals surface area (Å²) in [5.41, 5.74) is 0.567. The van der Waals surface area contributed by atoms with Gasteiger partial charge < -0.3 is 9.64 Å². The van der Waals surface area contributed by atoms with E-state index in [4.69, 9.17) is 16.3 Å². The Morgan fingerprint density at radius 1 is 1.29 bits per heavy atom. The predicted molar refractivity (Wildman–Crippen MR) is 96.9 cm³/mol. The van der Waals surface area contributed by atoms with Crippen molar-refractivity contribution < 1.29 is 9.53 Å². The molecule has 1 aromatic carbocycles. The van der Waals surface area contributed by atoms with Crippen LogP contribution in [0.25, 0.3) is 0 Å². The van der Waals surface area contributed by atoms with Gasteiger partial charge in [0.15, 0.2) is 0 Å². The first-order valence-corrected chi connectivity index (χ1v) is 9.27. The minimum absolute atomic E-state index is 0.0335. The number of benzene rings is 1. The van der Waals surface area contributed by atoms with E-state index in [-0.39, 0.29) is 5.91 Å². The molecule has 0 unspecified atom stereocenters. The van der Waals surface area contributed by atoms with Gasteiger partial charge in [-0.3, -0.25) is 9.69 Å².